The largest absolute Gasteiger partial charge is 0.464 e. The van der Waals surface area contributed by atoms with Crippen molar-refractivity contribution in [3.63, 3.8) is 0 Å². The van der Waals surface area contributed by atoms with Gasteiger partial charge in [-0.15, -0.1) is 0 Å². The first kappa shape index (κ1) is 12.7. The molecule has 102 valence electrons. The maximum atomic E-state index is 11.9. The number of carbonyl (C=O) groups excluding carboxylic acids is 1. The normalized spacial score (nSPS) is 11.4. The molecular weight excluding hydrogens is 252 g/mol. The average molecular weight is 268 g/mol. The molecule has 0 aliphatic heterocycles. The van der Waals surface area contributed by atoms with Gasteiger partial charge in [0.1, 0.15) is 0 Å². The van der Waals surface area contributed by atoms with E-state index in [1.165, 1.54) is 7.11 Å². The summed E-state index contributed by atoms with van der Waals surface area (Å²) in [6.07, 6.45) is 1.70. The summed E-state index contributed by atoms with van der Waals surface area (Å²) >= 11 is 0. The summed E-state index contributed by atoms with van der Waals surface area (Å²) in [5, 5.41) is 2.17. The molecule has 3 rings (SSSR count). The second kappa shape index (κ2) is 4.63. The smallest absolute Gasteiger partial charge is 0.356 e. The van der Waals surface area contributed by atoms with Crippen LogP contribution in [0.3, 0.4) is 0 Å². The van der Waals surface area contributed by atoms with E-state index in [1.54, 1.807) is 6.20 Å². The Kier molecular flexibility index (Phi) is 2.93. The predicted octanol–water partition coefficient (Wildman–Crippen LogP) is 3.63. The Bertz CT molecular complexity index is 803. The predicted molar refractivity (Wildman–Crippen MR) is 79.0 cm³/mol. The summed E-state index contributed by atoms with van der Waals surface area (Å²) < 4.78 is 4.85. The fraction of sp³-hybridized carbons (Fsp3) is 0.250. The highest BCUT2D eigenvalue weighted by molar-refractivity contribution is 6.11. The van der Waals surface area contributed by atoms with Gasteiger partial charge < -0.3 is 9.72 Å². The highest BCUT2D eigenvalue weighted by Gasteiger charge is 2.21. The van der Waals surface area contributed by atoms with E-state index in [1.807, 2.05) is 18.2 Å². The molecule has 0 saturated heterocycles. The van der Waals surface area contributed by atoms with Crippen LogP contribution in [-0.2, 0) is 4.74 Å². The van der Waals surface area contributed by atoms with Crippen molar-refractivity contribution in [1.82, 2.24) is 9.97 Å². The van der Waals surface area contributed by atoms with Crippen LogP contribution in [0.1, 0.15) is 35.8 Å². The second-order valence-electron chi connectivity index (χ2n) is 5.13. The Balaban J connectivity index is 2.47. The molecular formula is C16H16N2O2. The quantitative estimate of drug-likeness (QED) is 0.722. The van der Waals surface area contributed by atoms with Crippen LogP contribution in [0.4, 0.5) is 0 Å². The van der Waals surface area contributed by atoms with Crippen molar-refractivity contribution in [2.24, 2.45) is 0 Å². The lowest BCUT2D eigenvalue weighted by molar-refractivity contribution is 0.0592. The van der Waals surface area contributed by atoms with Gasteiger partial charge in [0.15, 0.2) is 5.69 Å². The van der Waals surface area contributed by atoms with Gasteiger partial charge in [-0.05, 0) is 17.5 Å². The molecule has 0 bridgehead atoms. The first-order chi connectivity index (χ1) is 9.63. The Labute approximate surface area is 116 Å². The van der Waals surface area contributed by atoms with E-state index in [2.05, 4.69) is 29.9 Å². The molecule has 20 heavy (non-hydrogen) atoms. The average Bonchev–Trinajstić information content (AvgIpc) is 2.83. The summed E-state index contributed by atoms with van der Waals surface area (Å²) in [5.41, 5.74) is 3.34. The Morgan fingerprint density at radius 2 is 2.00 bits per heavy atom. The Hall–Kier alpha value is -2.36. The number of H-pyrrole nitrogens is 1. The summed E-state index contributed by atoms with van der Waals surface area (Å²) in [5.74, 6) is -0.208. The molecule has 4 heteroatoms. The molecule has 0 spiro atoms. The van der Waals surface area contributed by atoms with Crippen LogP contribution in [0, 0.1) is 0 Å². The van der Waals surface area contributed by atoms with Crippen LogP contribution < -0.4 is 0 Å². The van der Waals surface area contributed by atoms with Crippen LogP contribution in [0.5, 0.6) is 0 Å². The van der Waals surface area contributed by atoms with Crippen LogP contribution in [0.2, 0.25) is 0 Å². The van der Waals surface area contributed by atoms with Crippen LogP contribution in [-0.4, -0.2) is 23.0 Å². The molecule has 1 N–H and O–H groups in total. The van der Waals surface area contributed by atoms with Gasteiger partial charge in [0, 0.05) is 16.3 Å². The van der Waals surface area contributed by atoms with E-state index in [9.17, 15) is 4.79 Å². The number of fused-ring (bicyclic) bond motifs is 3. The van der Waals surface area contributed by atoms with E-state index in [0.717, 1.165) is 27.4 Å². The van der Waals surface area contributed by atoms with Crippen molar-refractivity contribution in [1.29, 1.82) is 0 Å². The summed E-state index contributed by atoms with van der Waals surface area (Å²) in [4.78, 5) is 19.6. The number of benzene rings is 1. The van der Waals surface area contributed by atoms with Gasteiger partial charge in [-0.3, -0.25) is 0 Å². The van der Waals surface area contributed by atoms with Crippen LogP contribution >= 0.6 is 0 Å². The number of nitrogens with one attached hydrogen (secondary N) is 1. The number of pyridine rings is 1. The first-order valence-corrected chi connectivity index (χ1v) is 6.61. The van der Waals surface area contributed by atoms with Crippen molar-refractivity contribution in [2.45, 2.75) is 19.8 Å². The fourth-order valence-electron chi connectivity index (χ4n) is 2.69. The van der Waals surface area contributed by atoms with Crippen molar-refractivity contribution in [3.05, 3.63) is 41.7 Å². The summed E-state index contributed by atoms with van der Waals surface area (Å²) in [7, 11) is 1.38. The SMILES string of the molecule is COC(=O)c1ncc2[nH]c3ccccc3c2c1C(C)C. The summed E-state index contributed by atoms with van der Waals surface area (Å²) in [6.45, 7) is 4.12. The molecule has 0 aliphatic rings. The van der Waals surface area contributed by atoms with Gasteiger partial charge in [-0.2, -0.15) is 0 Å². The highest BCUT2D eigenvalue weighted by atomic mass is 16.5. The first-order valence-electron chi connectivity index (χ1n) is 6.61. The number of carbonyl (C=O) groups is 1. The number of hydrogen-bond acceptors (Lipinski definition) is 3. The van der Waals surface area contributed by atoms with E-state index in [0.29, 0.717) is 5.69 Å². The van der Waals surface area contributed by atoms with Crippen molar-refractivity contribution in [3.8, 4) is 0 Å². The zero-order chi connectivity index (χ0) is 14.3. The molecule has 4 nitrogen and oxygen atoms in total. The number of esters is 1. The van der Waals surface area contributed by atoms with Crippen molar-refractivity contribution >= 4 is 27.8 Å². The molecule has 0 fully saturated rings. The highest BCUT2D eigenvalue weighted by Crippen LogP contribution is 2.33. The molecule has 0 radical (unpaired) electrons. The van der Waals surface area contributed by atoms with E-state index in [4.69, 9.17) is 4.74 Å². The lowest BCUT2D eigenvalue weighted by Crippen LogP contribution is -2.10. The zero-order valence-corrected chi connectivity index (χ0v) is 11.7. The minimum absolute atomic E-state index is 0.180. The standard InChI is InChI=1S/C16H16N2O2/c1-9(2)13-14-10-6-4-5-7-11(10)18-12(14)8-17-15(13)16(19)20-3/h4-9,18H,1-3H3. The third kappa shape index (κ3) is 1.76. The van der Waals surface area contributed by atoms with Gasteiger partial charge in [-0.1, -0.05) is 32.0 Å². The number of rotatable bonds is 2. The number of aromatic nitrogens is 2. The van der Waals surface area contributed by atoms with E-state index in [-0.39, 0.29) is 11.9 Å². The molecule has 0 atom stereocenters. The Morgan fingerprint density at radius 1 is 1.25 bits per heavy atom. The molecule has 2 aromatic heterocycles. The maximum Gasteiger partial charge on any atom is 0.356 e. The number of aromatic amines is 1. The number of methoxy groups -OCH3 is 1. The summed E-state index contributed by atoms with van der Waals surface area (Å²) in [6, 6.07) is 8.07. The molecule has 0 aliphatic carbocycles. The molecule has 3 aromatic rings. The number of nitrogens with zero attached hydrogens (tertiary/aromatic N) is 1. The number of ether oxygens (including phenoxy) is 1. The molecule has 0 amide bonds. The third-order valence-electron chi connectivity index (χ3n) is 3.54. The molecule has 1 aromatic carbocycles. The van der Waals surface area contributed by atoms with Crippen LogP contribution in [0.25, 0.3) is 21.8 Å². The molecule has 0 unspecified atom stereocenters. The molecule has 2 heterocycles. The van der Waals surface area contributed by atoms with Gasteiger partial charge in [-0.25, -0.2) is 9.78 Å². The number of para-hydroxylation sites is 1. The van der Waals surface area contributed by atoms with E-state index >= 15 is 0 Å². The molecule has 0 saturated carbocycles. The number of hydrogen-bond donors (Lipinski definition) is 1. The zero-order valence-electron chi connectivity index (χ0n) is 11.7. The minimum atomic E-state index is -0.388. The van der Waals surface area contributed by atoms with Gasteiger partial charge in [0.05, 0.1) is 18.8 Å². The van der Waals surface area contributed by atoms with Gasteiger partial charge in [0.2, 0.25) is 0 Å². The fourth-order valence-corrected chi connectivity index (χ4v) is 2.69. The third-order valence-corrected chi connectivity index (χ3v) is 3.54. The van der Waals surface area contributed by atoms with Gasteiger partial charge >= 0.3 is 5.97 Å². The monoisotopic (exact) mass is 268 g/mol. The van der Waals surface area contributed by atoms with Crippen molar-refractivity contribution < 1.29 is 9.53 Å². The van der Waals surface area contributed by atoms with E-state index < -0.39 is 0 Å². The lowest BCUT2D eigenvalue weighted by Gasteiger charge is -2.12. The topological polar surface area (TPSA) is 55.0 Å². The minimum Gasteiger partial charge on any atom is -0.464 e. The van der Waals surface area contributed by atoms with Crippen LogP contribution in [0.15, 0.2) is 30.5 Å². The second-order valence-corrected chi connectivity index (χ2v) is 5.13. The van der Waals surface area contributed by atoms with Crippen molar-refractivity contribution in [2.75, 3.05) is 7.11 Å². The van der Waals surface area contributed by atoms with Gasteiger partial charge in [0.25, 0.3) is 0 Å². The lowest BCUT2D eigenvalue weighted by atomic mass is 9.95. The Morgan fingerprint density at radius 3 is 2.70 bits per heavy atom. The maximum absolute atomic E-state index is 11.9.